The Balaban J connectivity index is 1.33. The number of carbonyl (C=O) groups is 3. The lowest BCUT2D eigenvalue weighted by Gasteiger charge is -2.26. The summed E-state index contributed by atoms with van der Waals surface area (Å²) < 4.78 is 11.0. The van der Waals surface area contributed by atoms with Crippen LogP contribution < -0.4 is 0 Å². The van der Waals surface area contributed by atoms with Crippen LogP contribution in [0.5, 0.6) is 0 Å². The highest BCUT2D eigenvalue weighted by molar-refractivity contribution is 8.14. The van der Waals surface area contributed by atoms with Gasteiger partial charge in [-0.15, -0.1) is 0 Å². The van der Waals surface area contributed by atoms with Crippen LogP contribution in [0.1, 0.15) is 44.2 Å². The first-order chi connectivity index (χ1) is 20.0. The number of carbonyl (C=O) groups excluding carboxylic acids is 3. The van der Waals surface area contributed by atoms with Gasteiger partial charge in [-0.1, -0.05) is 11.8 Å². The van der Waals surface area contributed by atoms with Crippen LogP contribution in [0, 0.1) is 26.1 Å². The van der Waals surface area contributed by atoms with Crippen LogP contribution in [0.15, 0.2) is 48.5 Å². The largest absolute Gasteiger partial charge is 0.445 e. The molecule has 0 N–H and O–H groups in total. The lowest BCUT2D eigenvalue weighted by molar-refractivity contribution is -0.385. The fraction of sp³-hybridized carbons (Fsp3) is 0.464. The van der Waals surface area contributed by atoms with Crippen molar-refractivity contribution in [2.75, 3.05) is 13.1 Å². The maximum Gasteiger partial charge on any atom is 0.410 e. The van der Waals surface area contributed by atoms with E-state index in [1.54, 1.807) is 21.9 Å². The number of likely N-dealkylation sites (tertiary alicyclic amines) is 2. The average Bonchev–Trinajstić information content (AvgIpc) is 3.52. The molecule has 14 heteroatoms. The lowest BCUT2D eigenvalue weighted by atomic mass is 9.96. The maximum atomic E-state index is 13.1. The van der Waals surface area contributed by atoms with Crippen LogP contribution in [0.2, 0.25) is 0 Å². The first-order valence-electron chi connectivity index (χ1n) is 13.5. The van der Waals surface area contributed by atoms with E-state index in [4.69, 9.17) is 9.47 Å². The summed E-state index contributed by atoms with van der Waals surface area (Å²) in [5, 5.41) is 21.6. The average molecular weight is 601 g/mol. The summed E-state index contributed by atoms with van der Waals surface area (Å²) in [5.41, 5.74) is 1.16. The Labute approximate surface area is 246 Å². The van der Waals surface area contributed by atoms with E-state index in [1.807, 2.05) is 6.92 Å². The van der Waals surface area contributed by atoms with E-state index >= 15 is 0 Å². The van der Waals surface area contributed by atoms with Crippen molar-refractivity contribution in [3.8, 4) is 0 Å². The molecule has 224 valence electrons. The molecule has 0 aromatic heterocycles. The Morgan fingerprint density at radius 3 is 1.81 bits per heavy atom. The van der Waals surface area contributed by atoms with Gasteiger partial charge in [0.15, 0.2) is 5.12 Å². The molecule has 2 aromatic rings. The predicted octanol–water partition coefficient (Wildman–Crippen LogP) is 5.30. The second kappa shape index (κ2) is 13.6. The zero-order valence-corrected chi connectivity index (χ0v) is 24.1. The number of nitro groups is 2. The fourth-order valence-electron chi connectivity index (χ4n) is 5.48. The topological polar surface area (TPSA) is 162 Å². The predicted molar refractivity (Wildman–Crippen MR) is 153 cm³/mol. The van der Waals surface area contributed by atoms with Crippen LogP contribution in [0.25, 0.3) is 0 Å². The Hall–Kier alpha value is -4.20. The van der Waals surface area contributed by atoms with Crippen molar-refractivity contribution >= 4 is 40.4 Å². The molecule has 0 spiro atoms. The first kappa shape index (κ1) is 30.8. The third-order valence-electron chi connectivity index (χ3n) is 7.46. The summed E-state index contributed by atoms with van der Waals surface area (Å²) in [7, 11) is 0. The van der Waals surface area contributed by atoms with Crippen LogP contribution in [0.3, 0.4) is 0 Å². The molecule has 2 amide bonds. The van der Waals surface area contributed by atoms with Crippen molar-refractivity contribution < 1.29 is 33.7 Å². The zero-order valence-electron chi connectivity index (χ0n) is 23.2. The smallest absolute Gasteiger partial charge is 0.410 e. The van der Waals surface area contributed by atoms with Crippen molar-refractivity contribution in [2.45, 2.75) is 63.7 Å². The molecule has 2 saturated heterocycles. The second-order valence-electron chi connectivity index (χ2n) is 10.6. The molecule has 2 fully saturated rings. The number of hydrogen-bond acceptors (Lipinski definition) is 10. The van der Waals surface area contributed by atoms with Gasteiger partial charge in [-0.3, -0.25) is 25.0 Å². The molecule has 4 rings (SSSR count). The monoisotopic (exact) mass is 600 g/mol. The summed E-state index contributed by atoms with van der Waals surface area (Å²) >= 11 is 1.20. The molecule has 2 heterocycles. The maximum absolute atomic E-state index is 13.1. The van der Waals surface area contributed by atoms with Crippen LogP contribution in [0.4, 0.5) is 21.0 Å². The third kappa shape index (κ3) is 7.96. The molecule has 2 aliphatic heterocycles. The normalized spacial score (nSPS) is 21.7. The van der Waals surface area contributed by atoms with Crippen molar-refractivity contribution in [2.24, 2.45) is 5.92 Å². The Kier molecular flexibility index (Phi) is 9.99. The van der Waals surface area contributed by atoms with E-state index in [-0.39, 0.29) is 53.0 Å². The van der Waals surface area contributed by atoms with E-state index in [9.17, 15) is 34.6 Å². The van der Waals surface area contributed by atoms with E-state index in [0.717, 1.165) is 6.42 Å². The summed E-state index contributed by atoms with van der Waals surface area (Å²) in [6.45, 7) is 4.19. The first-order valence-corrected chi connectivity index (χ1v) is 14.4. The molecule has 0 aliphatic carbocycles. The number of thioether (sulfide) groups is 1. The van der Waals surface area contributed by atoms with Crippen LogP contribution in [-0.2, 0) is 27.5 Å². The molecule has 0 bridgehead atoms. The summed E-state index contributed by atoms with van der Waals surface area (Å²) in [6.07, 6.45) is 0.971. The van der Waals surface area contributed by atoms with Gasteiger partial charge in [0.2, 0.25) is 0 Å². The molecule has 0 unspecified atom stereocenters. The van der Waals surface area contributed by atoms with Crippen LogP contribution in [-0.4, -0.2) is 67.4 Å². The fourth-order valence-corrected chi connectivity index (χ4v) is 6.50. The highest BCUT2D eigenvalue weighted by atomic mass is 32.2. The number of nitro benzene ring substituents is 2. The SMILES string of the molecule is CC(=O)S[C@H]1C[C@@H](C[C@@H]2C[C@@H](C)N(C(=O)OCc3ccc([N+](=O)[O-])cc3)C2)N(C(=O)OCc2ccc([N+](=O)[O-])cc2)C1. The molecular weight excluding hydrogens is 568 g/mol. The zero-order chi connectivity index (χ0) is 30.4. The molecular formula is C28H32N4O9S. The molecule has 42 heavy (non-hydrogen) atoms. The lowest BCUT2D eigenvalue weighted by Crippen LogP contribution is -2.38. The third-order valence-corrected chi connectivity index (χ3v) is 8.47. The summed E-state index contributed by atoms with van der Waals surface area (Å²) in [6, 6.07) is 11.3. The number of amides is 2. The van der Waals surface area contributed by atoms with Crippen LogP contribution >= 0.6 is 11.8 Å². The van der Waals surface area contributed by atoms with E-state index in [2.05, 4.69) is 0 Å². The van der Waals surface area contributed by atoms with E-state index < -0.39 is 22.0 Å². The van der Waals surface area contributed by atoms with Gasteiger partial charge in [0.1, 0.15) is 13.2 Å². The van der Waals surface area contributed by atoms with Crippen molar-refractivity contribution in [3.63, 3.8) is 0 Å². The van der Waals surface area contributed by atoms with E-state index in [0.29, 0.717) is 37.1 Å². The Morgan fingerprint density at radius 1 is 0.833 bits per heavy atom. The standard InChI is InChI=1S/C28H32N4O9S/c1-18-11-22(14-29(18)27(34)40-16-20-3-7-23(8-4-20)31(36)37)12-25-13-26(42-19(2)33)15-30(25)28(35)41-17-21-5-9-24(10-6-21)32(38)39/h3-10,18,22,25-26H,11-17H2,1-2H3/t18-,22+,25-,26+/m1/s1. The number of benzene rings is 2. The van der Waals surface area contributed by atoms with Gasteiger partial charge >= 0.3 is 12.2 Å². The number of non-ortho nitro benzene ring substituents is 2. The van der Waals surface area contributed by atoms with Gasteiger partial charge in [-0.25, -0.2) is 9.59 Å². The molecule has 4 atom stereocenters. The highest BCUT2D eigenvalue weighted by Gasteiger charge is 2.41. The summed E-state index contributed by atoms with van der Waals surface area (Å²) in [5.74, 6) is 0.1000. The molecule has 2 aromatic carbocycles. The number of nitrogens with zero attached hydrogens (tertiary/aromatic N) is 4. The minimum atomic E-state index is -0.518. The number of ether oxygens (including phenoxy) is 2. The molecule has 0 saturated carbocycles. The van der Waals surface area contributed by atoms with Crippen molar-refractivity contribution in [1.29, 1.82) is 0 Å². The molecule has 13 nitrogen and oxygen atoms in total. The molecule has 2 aliphatic rings. The quantitative estimate of drug-likeness (QED) is 0.273. The Bertz CT molecular complexity index is 1320. The molecule has 0 radical (unpaired) electrons. The van der Waals surface area contributed by atoms with Crippen molar-refractivity contribution in [1.82, 2.24) is 9.80 Å². The minimum absolute atomic E-state index is 0.00827. The highest BCUT2D eigenvalue weighted by Crippen LogP contribution is 2.36. The van der Waals surface area contributed by atoms with E-state index in [1.165, 1.54) is 55.1 Å². The van der Waals surface area contributed by atoms with Gasteiger partial charge in [-0.05, 0) is 67.5 Å². The number of hydrogen-bond donors (Lipinski definition) is 0. The Morgan fingerprint density at radius 2 is 1.33 bits per heavy atom. The van der Waals surface area contributed by atoms with Gasteiger partial charge in [0, 0.05) is 61.6 Å². The summed E-state index contributed by atoms with van der Waals surface area (Å²) in [4.78, 5) is 61.7. The number of rotatable bonds is 9. The van der Waals surface area contributed by atoms with Gasteiger partial charge in [0.25, 0.3) is 11.4 Å². The van der Waals surface area contributed by atoms with Gasteiger partial charge in [-0.2, -0.15) is 0 Å². The second-order valence-corrected chi connectivity index (χ2v) is 12.0. The minimum Gasteiger partial charge on any atom is -0.445 e. The van der Waals surface area contributed by atoms with Gasteiger partial charge in [0.05, 0.1) is 9.85 Å². The van der Waals surface area contributed by atoms with Gasteiger partial charge < -0.3 is 19.3 Å². The van der Waals surface area contributed by atoms with Crippen molar-refractivity contribution in [3.05, 3.63) is 79.9 Å².